The number of halogens is 4. The van der Waals surface area contributed by atoms with Gasteiger partial charge in [0.05, 0.1) is 28.7 Å². The van der Waals surface area contributed by atoms with Gasteiger partial charge in [-0.2, -0.15) is 5.10 Å². The second kappa shape index (κ2) is 10.6. The van der Waals surface area contributed by atoms with Crippen LogP contribution in [0.2, 0.25) is 0 Å². The van der Waals surface area contributed by atoms with Crippen molar-refractivity contribution < 1.29 is 9.47 Å². The maximum Gasteiger partial charge on any atom is 0.349 e. The van der Waals surface area contributed by atoms with E-state index in [2.05, 4.69) is 73.8 Å². The molecule has 0 saturated carbocycles. The summed E-state index contributed by atoms with van der Waals surface area (Å²) in [6.07, 6.45) is 1.40. The molecule has 11 heteroatoms. The maximum atomic E-state index is 12.7. The Kier molecular flexibility index (Phi) is 7.76. The van der Waals surface area contributed by atoms with Gasteiger partial charge < -0.3 is 14.5 Å². The Balaban J connectivity index is 1.69. The summed E-state index contributed by atoms with van der Waals surface area (Å²) in [5.74, 6) is 0.937. The van der Waals surface area contributed by atoms with Gasteiger partial charge in [-0.15, -0.1) is 4.68 Å². The molecule has 4 rings (SSSR count). The van der Waals surface area contributed by atoms with Crippen LogP contribution in [0.3, 0.4) is 0 Å². The molecule has 1 heterocycles. The van der Waals surface area contributed by atoms with E-state index < -0.39 is 11.2 Å². The van der Waals surface area contributed by atoms with E-state index in [4.69, 9.17) is 9.47 Å². The van der Waals surface area contributed by atoms with E-state index in [1.807, 2.05) is 18.2 Å². The van der Waals surface area contributed by atoms with Crippen LogP contribution in [0.15, 0.2) is 81.1 Å². The Bertz CT molecular complexity index is 1550. The van der Waals surface area contributed by atoms with Crippen LogP contribution in [0.4, 0.5) is 0 Å². The molecule has 0 saturated heterocycles. The van der Waals surface area contributed by atoms with Crippen LogP contribution in [0.25, 0.3) is 10.9 Å². The minimum Gasteiger partial charge on any atom is -0.493 e. The van der Waals surface area contributed by atoms with Crippen molar-refractivity contribution in [3.05, 3.63) is 98.4 Å². The molecule has 0 aliphatic carbocycles. The highest BCUT2D eigenvalue weighted by Crippen LogP contribution is 2.43. The number of aromatic amines is 1. The lowest BCUT2D eigenvalue weighted by Crippen LogP contribution is -2.32. The number of para-hydroxylation sites is 1. The van der Waals surface area contributed by atoms with E-state index in [-0.39, 0.29) is 0 Å². The number of ether oxygens (including phenoxy) is 2. The van der Waals surface area contributed by atoms with Gasteiger partial charge in [0.1, 0.15) is 6.61 Å². The molecule has 4 aromatic rings. The van der Waals surface area contributed by atoms with Crippen molar-refractivity contribution in [3.8, 4) is 11.5 Å². The van der Waals surface area contributed by atoms with Crippen molar-refractivity contribution in [1.82, 2.24) is 9.66 Å². The number of aromatic nitrogens is 2. The quantitative estimate of drug-likeness (QED) is 0.241. The summed E-state index contributed by atoms with van der Waals surface area (Å²) in [7, 11) is 1.53. The Morgan fingerprint density at radius 2 is 1.79 bits per heavy atom. The molecule has 34 heavy (non-hydrogen) atoms. The molecule has 3 aromatic carbocycles. The predicted octanol–water partition coefficient (Wildman–Crippen LogP) is 6.21. The summed E-state index contributed by atoms with van der Waals surface area (Å²) in [6, 6.07) is 14.3. The first-order chi connectivity index (χ1) is 16.3. The number of methoxy groups -OCH3 is 1. The molecule has 174 valence electrons. The Labute approximate surface area is 227 Å². The van der Waals surface area contributed by atoms with Gasteiger partial charge in [0.2, 0.25) is 0 Å². The summed E-state index contributed by atoms with van der Waals surface area (Å²) >= 11 is 14.0. The van der Waals surface area contributed by atoms with Gasteiger partial charge in [-0.1, -0.05) is 50.1 Å². The molecule has 1 aromatic heterocycles. The zero-order valence-electron chi connectivity index (χ0n) is 17.4. The molecule has 7 nitrogen and oxygen atoms in total. The molecule has 1 N–H and O–H groups in total. The topological polar surface area (TPSA) is 85.7 Å². The Hall–Kier alpha value is -2.21. The van der Waals surface area contributed by atoms with E-state index in [9.17, 15) is 9.59 Å². The summed E-state index contributed by atoms with van der Waals surface area (Å²) in [4.78, 5) is 27.8. The fourth-order valence-corrected chi connectivity index (χ4v) is 5.25. The van der Waals surface area contributed by atoms with Gasteiger partial charge in [-0.3, -0.25) is 4.79 Å². The molecule has 0 atom stereocenters. The van der Waals surface area contributed by atoms with Crippen LogP contribution in [0.5, 0.6) is 11.5 Å². The molecular formula is C23H15Br4N3O4. The third-order valence-corrected chi connectivity index (χ3v) is 8.23. The number of hydrogen-bond donors (Lipinski definition) is 1. The van der Waals surface area contributed by atoms with Gasteiger partial charge in [0, 0.05) is 24.5 Å². The lowest BCUT2D eigenvalue weighted by molar-refractivity contribution is 0.281. The Morgan fingerprint density at radius 1 is 1.03 bits per heavy atom. The molecule has 0 bridgehead atoms. The van der Waals surface area contributed by atoms with Crippen LogP contribution in [0.1, 0.15) is 11.1 Å². The predicted molar refractivity (Wildman–Crippen MR) is 146 cm³/mol. The fourth-order valence-electron chi connectivity index (χ4n) is 3.15. The molecule has 0 amide bonds. The first-order valence-corrected chi connectivity index (χ1v) is 12.9. The molecular weight excluding hydrogens is 702 g/mol. The second-order valence-corrected chi connectivity index (χ2v) is 10.3. The Morgan fingerprint density at radius 3 is 2.53 bits per heavy atom. The van der Waals surface area contributed by atoms with Crippen molar-refractivity contribution in [1.29, 1.82) is 0 Å². The normalized spacial score (nSPS) is 11.3. The van der Waals surface area contributed by atoms with Crippen molar-refractivity contribution in [2.24, 2.45) is 5.10 Å². The third-order valence-electron chi connectivity index (χ3n) is 4.86. The van der Waals surface area contributed by atoms with Crippen LogP contribution >= 0.6 is 63.7 Å². The summed E-state index contributed by atoms with van der Waals surface area (Å²) in [5.41, 5.74) is 0.822. The summed E-state index contributed by atoms with van der Waals surface area (Å²) in [5, 5.41) is 4.48. The largest absolute Gasteiger partial charge is 0.493 e. The lowest BCUT2D eigenvalue weighted by Gasteiger charge is -2.16. The molecule has 0 fully saturated rings. The monoisotopic (exact) mass is 713 g/mol. The number of rotatable bonds is 6. The highest BCUT2D eigenvalue weighted by Gasteiger charge is 2.17. The highest BCUT2D eigenvalue weighted by molar-refractivity contribution is 9.13. The van der Waals surface area contributed by atoms with E-state index in [1.54, 1.807) is 30.3 Å². The zero-order valence-corrected chi connectivity index (χ0v) is 23.8. The van der Waals surface area contributed by atoms with Crippen LogP contribution in [-0.2, 0) is 6.61 Å². The van der Waals surface area contributed by atoms with E-state index in [0.29, 0.717) is 43.5 Å². The van der Waals surface area contributed by atoms with Crippen LogP contribution in [0, 0.1) is 0 Å². The van der Waals surface area contributed by atoms with Gasteiger partial charge in [0.15, 0.2) is 11.5 Å². The minimum absolute atomic E-state index is 0.296. The van der Waals surface area contributed by atoms with Crippen molar-refractivity contribution in [2.75, 3.05) is 7.11 Å². The second-order valence-electron chi connectivity index (χ2n) is 6.99. The highest BCUT2D eigenvalue weighted by atomic mass is 79.9. The first kappa shape index (κ1) is 24.9. The van der Waals surface area contributed by atoms with E-state index >= 15 is 0 Å². The molecule has 0 radical (unpaired) electrons. The van der Waals surface area contributed by atoms with Crippen LogP contribution in [-0.4, -0.2) is 23.0 Å². The smallest absolute Gasteiger partial charge is 0.349 e. The average molecular weight is 717 g/mol. The number of fused-ring (bicyclic) bond motifs is 1. The zero-order chi connectivity index (χ0) is 24.4. The van der Waals surface area contributed by atoms with E-state index in [1.165, 1.54) is 13.3 Å². The van der Waals surface area contributed by atoms with Crippen molar-refractivity contribution in [3.63, 3.8) is 0 Å². The fraction of sp³-hybridized carbons (Fsp3) is 0.0870. The van der Waals surface area contributed by atoms with Gasteiger partial charge in [-0.05, 0) is 62.2 Å². The average Bonchev–Trinajstić information content (AvgIpc) is 2.81. The molecule has 0 aliphatic rings. The maximum absolute atomic E-state index is 12.7. The van der Waals surface area contributed by atoms with Crippen LogP contribution < -0.4 is 20.7 Å². The standard InChI is InChI=1S/C23H15Br4N3O4/c1-33-18-8-13(10-28-30-22(31)15-4-2-3-5-17(15)29-23(30)32)19(26)20(27)21(18)34-11-12-6-7-14(24)9-16(12)25/h2-10H,11H2,1H3,(H,29,32). The molecule has 0 aliphatic heterocycles. The number of hydrogen-bond acceptors (Lipinski definition) is 5. The van der Waals surface area contributed by atoms with E-state index in [0.717, 1.165) is 19.2 Å². The van der Waals surface area contributed by atoms with Gasteiger partial charge in [-0.25, -0.2) is 4.79 Å². The SMILES string of the molecule is COc1cc(C=Nn2c(=O)[nH]c3ccccc3c2=O)c(Br)c(Br)c1OCc1ccc(Br)cc1Br. The number of nitrogens with one attached hydrogen (secondary N) is 1. The third kappa shape index (κ3) is 5.07. The number of nitrogens with zero attached hydrogens (tertiary/aromatic N) is 2. The molecule has 0 spiro atoms. The first-order valence-electron chi connectivity index (χ1n) is 9.71. The number of benzene rings is 3. The minimum atomic E-state index is -0.637. The summed E-state index contributed by atoms with van der Waals surface area (Å²) in [6.45, 7) is 0.296. The van der Waals surface area contributed by atoms with Crippen molar-refractivity contribution in [2.45, 2.75) is 6.61 Å². The lowest BCUT2D eigenvalue weighted by atomic mass is 10.2. The van der Waals surface area contributed by atoms with Gasteiger partial charge >= 0.3 is 5.69 Å². The van der Waals surface area contributed by atoms with Gasteiger partial charge in [0.25, 0.3) is 5.56 Å². The molecule has 0 unspecified atom stereocenters. The number of H-pyrrole nitrogens is 1. The van der Waals surface area contributed by atoms with Crippen molar-refractivity contribution >= 4 is 80.8 Å². The summed E-state index contributed by atoms with van der Waals surface area (Å²) < 4.78 is 15.4.